The molecule has 6 heteroatoms. The van der Waals surface area contributed by atoms with Gasteiger partial charge < -0.3 is 15.5 Å². The number of hydrogen-bond donors (Lipinski definition) is 1. The molecule has 0 saturated carbocycles. The van der Waals surface area contributed by atoms with Crippen LogP contribution in [0.3, 0.4) is 0 Å². The molecule has 1 aromatic heterocycles. The second-order valence-corrected chi connectivity index (χ2v) is 6.50. The van der Waals surface area contributed by atoms with E-state index in [4.69, 9.17) is 5.73 Å². The van der Waals surface area contributed by atoms with Gasteiger partial charge in [0.05, 0.1) is 0 Å². The molecule has 0 radical (unpaired) electrons. The van der Waals surface area contributed by atoms with E-state index in [-0.39, 0.29) is 18.2 Å². The van der Waals surface area contributed by atoms with E-state index in [0.29, 0.717) is 25.4 Å². The number of amides is 2. The summed E-state index contributed by atoms with van der Waals surface area (Å²) in [6.45, 7) is 6.94. The molecule has 1 aliphatic heterocycles. The molecule has 6 nitrogen and oxygen atoms in total. The van der Waals surface area contributed by atoms with Crippen molar-refractivity contribution < 1.29 is 9.59 Å². The van der Waals surface area contributed by atoms with Crippen molar-refractivity contribution in [1.82, 2.24) is 9.88 Å². The summed E-state index contributed by atoms with van der Waals surface area (Å²) in [6.07, 6.45) is 2.61. The van der Waals surface area contributed by atoms with Crippen LogP contribution < -0.4 is 10.6 Å². The second kappa shape index (κ2) is 7.94. The van der Waals surface area contributed by atoms with Crippen LogP contribution in [-0.4, -0.2) is 47.9 Å². The number of carbonyl (C=O) groups is 2. The smallest absolute Gasteiger partial charge is 0.226 e. The zero-order chi connectivity index (χ0) is 16.8. The maximum atomic E-state index is 12.7. The summed E-state index contributed by atoms with van der Waals surface area (Å²) in [6, 6.07) is 5.83. The van der Waals surface area contributed by atoms with Crippen LogP contribution >= 0.6 is 0 Å². The summed E-state index contributed by atoms with van der Waals surface area (Å²) < 4.78 is 0. The number of hydrogen-bond acceptors (Lipinski definition) is 4. The number of nitrogens with zero attached hydrogens (tertiary/aromatic N) is 3. The molecule has 2 N–H and O–H groups in total. The fraction of sp³-hybridized carbons (Fsp3) is 0.588. The van der Waals surface area contributed by atoms with Gasteiger partial charge in [0.15, 0.2) is 0 Å². The van der Waals surface area contributed by atoms with E-state index in [2.05, 4.69) is 23.7 Å². The lowest BCUT2D eigenvalue weighted by molar-refractivity contribution is -0.138. The molecule has 126 valence electrons. The second-order valence-electron chi connectivity index (χ2n) is 6.50. The molecule has 1 aliphatic rings. The zero-order valence-electron chi connectivity index (χ0n) is 13.9. The van der Waals surface area contributed by atoms with Crippen LogP contribution in [0.25, 0.3) is 0 Å². The number of primary amides is 1. The number of piperazine rings is 1. The summed E-state index contributed by atoms with van der Waals surface area (Å²) >= 11 is 0. The number of nitrogens with two attached hydrogens (primary N) is 1. The van der Waals surface area contributed by atoms with Gasteiger partial charge in [-0.05, 0) is 24.5 Å². The largest absolute Gasteiger partial charge is 0.370 e. The predicted molar refractivity (Wildman–Crippen MR) is 89.8 cm³/mol. The van der Waals surface area contributed by atoms with Crippen LogP contribution in [0.2, 0.25) is 0 Å². The van der Waals surface area contributed by atoms with Crippen molar-refractivity contribution >= 4 is 17.6 Å². The van der Waals surface area contributed by atoms with E-state index in [1.807, 2.05) is 23.1 Å². The Labute approximate surface area is 137 Å². The quantitative estimate of drug-likeness (QED) is 0.856. The van der Waals surface area contributed by atoms with Crippen LogP contribution in [0.15, 0.2) is 24.4 Å². The molecule has 2 heterocycles. The van der Waals surface area contributed by atoms with Crippen LogP contribution in [0, 0.1) is 11.8 Å². The van der Waals surface area contributed by atoms with Crippen LogP contribution in [0.4, 0.5) is 5.82 Å². The Kier molecular flexibility index (Phi) is 5.96. The standard InChI is InChI=1S/C17H26N4O2/c1-13(2)11-14(12-15(18)22)17(23)21-9-7-20(8-10-21)16-5-3-4-6-19-16/h3-6,13-14H,7-12H2,1-2H3,(H2,18,22)/t14-/m0/s1. The summed E-state index contributed by atoms with van der Waals surface area (Å²) in [5.74, 6) is 0.650. The zero-order valence-corrected chi connectivity index (χ0v) is 13.9. The first kappa shape index (κ1) is 17.2. The highest BCUT2D eigenvalue weighted by Gasteiger charge is 2.29. The molecule has 2 amide bonds. The predicted octanol–water partition coefficient (Wildman–Crippen LogP) is 1.27. The van der Waals surface area contributed by atoms with Crippen molar-refractivity contribution in [3.05, 3.63) is 24.4 Å². The van der Waals surface area contributed by atoms with Crippen LogP contribution in [0.5, 0.6) is 0 Å². The minimum Gasteiger partial charge on any atom is -0.370 e. The van der Waals surface area contributed by atoms with Gasteiger partial charge in [-0.2, -0.15) is 0 Å². The van der Waals surface area contributed by atoms with Gasteiger partial charge in [0.25, 0.3) is 0 Å². The van der Waals surface area contributed by atoms with Crippen molar-refractivity contribution in [3.8, 4) is 0 Å². The Morgan fingerprint density at radius 3 is 2.43 bits per heavy atom. The Bertz CT molecular complexity index is 525. The molecule has 1 atom stereocenters. The lowest BCUT2D eigenvalue weighted by Gasteiger charge is -2.37. The summed E-state index contributed by atoms with van der Waals surface area (Å²) in [5, 5.41) is 0. The molecule has 0 spiro atoms. The Balaban J connectivity index is 1.94. The number of aromatic nitrogens is 1. The van der Waals surface area contributed by atoms with Gasteiger partial charge in [-0.25, -0.2) is 4.98 Å². The summed E-state index contributed by atoms with van der Waals surface area (Å²) in [7, 11) is 0. The third-order valence-corrected chi connectivity index (χ3v) is 4.12. The monoisotopic (exact) mass is 318 g/mol. The molecule has 0 aromatic carbocycles. The van der Waals surface area contributed by atoms with Crippen molar-refractivity contribution in [2.24, 2.45) is 17.6 Å². The van der Waals surface area contributed by atoms with Crippen molar-refractivity contribution in [2.45, 2.75) is 26.7 Å². The Morgan fingerprint density at radius 1 is 1.22 bits per heavy atom. The van der Waals surface area contributed by atoms with Gasteiger partial charge in [-0.15, -0.1) is 0 Å². The average molecular weight is 318 g/mol. The highest BCUT2D eigenvalue weighted by atomic mass is 16.2. The molecular formula is C17H26N4O2. The van der Waals surface area contributed by atoms with Gasteiger partial charge in [0.2, 0.25) is 11.8 Å². The third kappa shape index (κ3) is 4.94. The highest BCUT2D eigenvalue weighted by molar-refractivity contribution is 5.85. The average Bonchev–Trinajstić information content (AvgIpc) is 2.54. The lowest BCUT2D eigenvalue weighted by atomic mass is 9.92. The molecule has 0 bridgehead atoms. The summed E-state index contributed by atoms with van der Waals surface area (Å²) in [4.78, 5) is 32.3. The van der Waals surface area contributed by atoms with E-state index in [1.54, 1.807) is 6.20 Å². The van der Waals surface area contributed by atoms with E-state index in [1.165, 1.54) is 0 Å². The molecule has 1 fully saturated rings. The number of carbonyl (C=O) groups excluding carboxylic acids is 2. The van der Waals surface area contributed by atoms with Crippen molar-refractivity contribution in [2.75, 3.05) is 31.1 Å². The first-order valence-electron chi connectivity index (χ1n) is 8.20. The molecule has 0 unspecified atom stereocenters. The fourth-order valence-corrected chi connectivity index (χ4v) is 3.04. The normalized spacial score (nSPS) is 16.5. The fourth-order valence-electron chi connectivity index (χ4n) is 3.04. The van der Waals surface area contributed by atoms with E-state index < -0.39 is 5.91 Å². The molecule has 1 aromatic rings. The Morgan fingerprint density at radius 2 is 1.91 bits per heavy atom. The molecule has 2 rings (SSSR count). The van der Waals surface area contributed by atoms with Gasteiger partial charge in [-0.3, -0.25) is 9.59 Å². The first-order chi connectivity index (χ1) is 11.0. The SMILES string of the molecule is CC(C)C[C@@H](CC(N)=O)C(=O)N1CCN(c2ccccn2)CC1. The molecule has 1 saturated heterocycles. The van der Waals surface area contributed by atoms with Gasteiger partial charge in [-0.1, -0.05) is 19.9 Å². The molecule has 23 heavy (non-hydrogen) atoms. The first-order valence-corrected chi connectivity index (χ1v) is 8.20. The maximum Gasteiger partial charge on any atom is 0.226 e. The van der Waals surface area contributed by atoms with Gasteiger partial charge in [0.1, 0.15) is 5.82 Å². The van der Waals surface area contributed by atoms with Gasteiger partial charge >= 0.3 is 0 Å². The topological polar surface area (TPSA) is 79.5 Å². The summed E-state index contributed by atoms with van der Waals surface area (Å²) in [5.41, 5.74) is 5.31. The van der Waals surface area contributed by atoms with E-state index in [0.717, 1.165) is 18.9 Å². The maximum absolute atomic E-state index is 12.7. The third-order valence-electron chi connectivity index (χ3n) is 4.12. The van der Waals surface area contributed by atoms with Crippen molar-refractivity contribution in [1.29, 1.82) is 0 Å². The van der Waals surface area contributed by atoms with Gasteiger partial charge in [0, 0.05) is 44.7 Å². The van der Waals surface area contributed by atoms with Crippen LogP contribution in [0.1, 0.15) is 26.7 Å². The minimum absolute atomic E-state index is 0.0539. The molecular weight excluding hydrogens is 292 g/mol. The number of rotatable bonds is 6. The lowest BCUT2D eigenvalue weighted by Crippen LogP contribution is -2.51. The van der Waals surface area contributed by atoms with E-state index in [9.17, 15) is 9.59 Å². The number of pyridine rings is 1. The van der Waals surface area contributed by atoms with E-state index >= 15 is 0 Å². The Hall–Kier alpha value is -2.11. The van der Waals surface area contributed by atoms with Crippen molar-refractivity contribution in [3.63, 3.8) is 0 Å². The number of anilines is 1. The van der Waals surface area contributed by atoms with Crippen LogP contribution in [-0.2, 0) is 9.59 Å². The molecule has 0 aliphatic carbocycles. The minimum atomic E-state index is -0.406. The highest BCUT2D eigenvalue weighted by Crippen LogP contribution is 2.20.